The summed E-state index contributed by atoms with van der Waals surface area (Å²) in [6.07, 6.45) is 1.45. The van der Waals surface area contributed by atoms with Crippen LogP contribution in [0.1, 0.15) is 25.8 Å². The molecule has 1 heterocycles. The minimum Gasteiger partial charge on any atom is -0.296 e. The molecule has 2 fully saturated rings. The highest BCUT2D eigenvalue weighted by atomic mass is 15.2. The molecule has 1 saturated carbocycles. The maximum Gasteiger partial charge on any atom is 0.0236 e. The van der Waals surface area contributed by atoms with Crippen molar-refractivity contribution in [1.82, 2.24) is 4.90 Å². The number of hydrogen-bond acceptors (Lipinski definition) is 1. The van der Waals surface area contributed by atoms with Crippen LogP contribution >= 0.6 is 0 Å². The molecule has 3 atom stereocenters. The van der Waals surface area contributed by atoms with E-state index >= 15 is 0 Å². The van der Waals surface area contributed by atoms with Crippen molar-refractivity contribution in [2.24, 2.45) is 17.8 Å². The van der Waals surface area contributed by atoms with E-state index in [1.165, 1.54) is 18.5 Å². The Morgan fingerprint density at radius 2 is 2.00 bits per heavy atom. The smallest absolute Gasteiger partial charge is 0.0236 e. The molecule has 0 bridgehead atoms. The standard InChI is InChI=1S/C15H21N/c1-11(2)14-10-16(15-8-13(14)15)9-12-6-4-3-5-7-12/h3-7,11,13-15H,8-10H2,1-2H3/t13-,14-,15-/m1/s1. The Hall–Kier alpha value is -0.820. The lowest BCUT2D eigenvalue weighted by atomic mass is 9.92. The molecule has 2 aliphatic rings. The summed E-state index contributed by atoms with van der Waals surface area (Å²) in [4.78, 5) is 2.70. The van der Waals surface area contributed by atoms with E-state index in [1.807, 2.05) is 0 Å². The summed E-state index contributed by atoms with van der Waals surface area (Å²) in [7, 11) is 0. The van der Waals surface area contributed by atoms with Gasteiger partial charge in [-0.3, -0.25) is 4.90 Å². The number of nitrogens with zero attached hydrogens (tertiary/aromatic N) is 1. The first-order valence-corrected chi connectivity index (χ1v) is 6.53. The van der Waals surface area contributed by atoms with Gasteiger partial charge in [0.25, 0.3) is 0 Å². The zero-order valence-electron chi connectivity index (χ0n) is 10.3. The Kier molecular flexibility index (Phi) is 2.51. The predicted molar refractivity (Wildman–Crippen MR) is 67.1 cm³/mol. The van der Waals surface area contributed by atoms with E-state index in [0.717, 1.165) is 30.3 Å². The average Bonchev–Trinajstić information content (AvgIpc) is 2.99. The molecule has 0 N–H and O–H groups in total. The van der Waals surface area contributed by atoms with Gasteiger partial charge in [0.05, 0.1) is 0 Å². The fourth-order valence-corrected chi connectivity index (χ4v) is 3.33. The van der Waals surface area contributed by atoms with Crippen LogP contribution in [0.15, 0.2) is 30.3 Å². The molecule has 1 aliphatic heterocycles. The largest absolute Gasteiger partial charge is 0.296 e. The van der Waals surface area contributed by atoms with Crippen LogP contribution in [0.4, 0.5) is 0 Å². The number of hydrogen-bond donors (Lipinski definition) is 0. The maximum atomic E-state index is 2.70. The van der Waals surface area contributed by atoms with Crippen LogP contribution in [0, 0.1) is 17.8 Å². The quantitative estimate of drug-likeness (QED) is 0.748. The van der Waals surface area contributed by atoms with Gasteiger partial charge >= 0.3 is 0 Å². The molecule has 1 aromatic rings. The number of likely N-dealkylation sites (tertiary alicyclic amines) is 1. The van der Waals surface area contributed by atoms with E-state index < -0.39 is 0 Å². The van der Waals surface area contributed by atoms with Gasteiger partial charge in [-0.2, -0.15) is 0 Å². The second kappa shape index (κ2) is 3.89. The first kappa shape index (κ1) is 10.3. The molecular formula is C15H21N. The summed E-state index contributed by atoms with van der Waals surface area (Å²) in [6.45, 7) is 7.24. The third kappa shape index (κ3) is 1.78. The van der Waals surface area contributed by atoms with E-state index in [1.54, 1.807) is 0 Å². The average molecular weight is 215 g/mol. The van der Waals surface area contributed by atoms with E-state index in [9.17, 15) is 0 Å². The monoisotopic (exact) mass is 215 g/mol. The molecule has 16 heavy (non-hydrogen) atoms. The minimum atomic E-state index is 0.857. The third-order valence-electron chi connectivity index (χ3n) is 4.35. The molecule has 0 aromatic heterocycles. The zero-order valence-corrected chi connectivity index (χ0v) is 10.3. The van der Waals surface area contributed by atoms with Crippen molar-refractivity contribution >= 4 is 0 Å². The summed E-state index contributed by atoms with van der Waals surface area (Å²) in [5.41, 5.74) is 1.47. The van der Waals surface area contributed by atoms with Crippen molar-refractivity contribution in [3.63, 3.8) is 0 Å². The van der Waals surface area contributed by atoms with Gasteiger partial charge in [0.1, 0.15) is 0 Å². The molecule has 86 valence electrons. The summed E-state index contributed by atoms with van der Waals surface area (Å²) in [6, 6.07) is 11.8. The Bertz CT molecular complexity index is 357. The van der Waals surface area contributed by atoms with Crippen molar-refractivity contribution in [3.8, 4) is 0 Å². The van der Waals surface area contributed by atoms with Crippen LogP contribution in [-0.2, 0) is 6.54 Å². The SMILES string of the molecule is CC(C)[C@H]1CN(Cc2ccccc2)[C@@H]2C[C@H]12. The lowest BCUT2D eigenvalue weighted by molar-refractivity contribution is 0.245. The zero-order chi connectivity index (χ0) is 11.1. The topological polar surface area (TPSA) is 3.24 Å². The lowest BCUT2D eigenvalue weighted by Crippen LogP contribution is -2.26. The number of fused-ring (bicyclic) bond motifs is 1. The molecular weight excluding hydrogens is 194 g/mol. The fourth-order valence-electron chi connectivity index (χ4n) is 3.33. The Labute approximate surface area is 98.5 Å². The summed E-state index contributed by atoms with van der Waals surface area (Å²) < 4.78 is 0. The maximum absolute atomic E-state index is 2.70. The number of piperidine rings is 1. The molecule has 0 unspecified atom stereocenters. The van der Waals surface area contributed by atoms with Gasteiger partial charge in [0.15, 0.2) is 0 Å². The van der Waals surface area contributed by atoms with Crippen LogP contribution in [0.25, 0.3) is 0 Å². The van der Waals surface area contributed by atoms with Crippen molar-refractivity contribution in [2.75, 3.05) is 6.54 Å². The van der Waals surface area contributed by atoms with Crippen LogP contribution in [0.2, 0.25) is 0 Å². The van der Waals surface area contributed by atoms with Gasteiger partial charge in [0.2, 0.25) is 0 Å². The van der Waals surface area contributed by atoms with Crippen molar-refractivity contribution in [1.29, 1.82) is 0 Å². The highest BCUT2D eigenvalue weighted by Gasteiger charge is 2.53. The van der Waals surface area contributed by atoms with Gasteiger partial charge in [-0.05, 0) is 29.7 Å². The normalized spacial score (nSPS) is 33.1. The Balaban J connectivity index is 1.66. The van der Waals surface area contributed by atoms with E-state index in [2.05, 4.69) is 49.1 Å². The molecule has 1 heteroatoms. The van der Waals surface area contributed by atoms with Gasteiger partial charge in [-0.25, -0.2) is 0 Å². The summed E-state index contributed by atoms with van der Waals surface area (Å²) >= 11 is 0. The van der Waals surface area contributed by atoms with Crippen LogP contribution in [0.3, 0.4) is 0 Å². The number of benzene rings is 1. The van der Waals surface area contributed by atoms with E-state index in [0.29, 0.717) is 0 Å². The molecule has 1 saturated heterocycles. The Morgan fingerprint density at radius 1 is 1.25 bits per heavy atom. The van der Waals surface area contributed by atoms with Crippen molar-refractivity contribution < 1.29 is 0 Å². The molecule has 0 amide bonds. The fraction of sp³-hybridized carbons (Fsp3) is 0.600. The molecule has 0 radical (unpaired) electrons. The lowest BCUT2D eigenvalue weighted by Gasteiger charge is -2.22. The molecule has 1 aromatic carbocycles. The van der Waals surface area contributed by atoms with Crippen LogP contribution in [0.5, 0.6) is 0 Å². The van der Waals surface area contributed by atoms with Gasteiger partial charge in [-0.15, -0.1) is 0 Å². The highest BCUT2D eigenvalue weighted by Crippen LogP contribution is 2.51. The van der Waals surface area contributed by atoms with Gasteiger partial charge in [-0.1, -0.05) is 44.2 Å². The molecule has 1 aliphatic carbocycles. The van der Waals surface area contributed by atoms with Crippen LogP contribution < -0.4 is 0 Å². The van der Waals surface area contributed by atoms with E-state index in [4.69, 9.17) is 0 Å². The summed E-state index contributed by atoms with van der Waals surface area (Å²) in [5.74, 6) is 2.83. The molecule has 3 rings (SSSR count). The Morgan fingerprint density at radius 3 is 2.62 bits per heavy atom. The number of rotatable bonds is 3. The molecule has 0 spiro atoms. The first-order chi connectivity index (χ1) is 7.75. The molecule has 1 nitrogen and oxygen atoms in total. The summed E-state index contributed by atoms with van der Waals surface area (Å²) in [5, 5.41) is 0. The minimum absolute atomic E-state index is 0.857. The van der Waals surface area contributed by atoms with Gasteiger partial charge < -0.3 is 0 Å². The third-order valence-corrected chi connectivity index (χ3v) is 4.35. The first-order valence-electron chi connectivity index (χ1n) is 6.53. The van der Waals surface area contributed by atoms with Gasteiger partial charge in [0, 0.05) is 19.1 Å². The highest BCUT2D eigenvalue weighted by molar-refractivity contribution is 5.16. The van der Waals surface area contributed by atoms with E-state index in [-0.39, 0.29) is 0 Å². The second-order valence-electron chi connectivity index (χ2n) is 5.79. The second-order valence-corrected chi connectivity index (χ2v) is 5.79. The van der Waals surface area contributed by atoms with Crippen molar-refractivity contribution in [2.45, 2.75) is 32.9 Å². The van der Waals surface area contributed by atoms with Crippen LogP contribution in [-0.4, -0.2) is 17.5 Å². The predicted octanol–water partition coefficient (Wildman–Crippen LogP) is 3.16. The van der Waals surface area contributed by atoms with Crippen molar-refractivity contribution in [3.05, 3.63) is 35.9 Å².